The molecule has 166 valence electrons. The molecule has 0 radical (unpaired) electrons. The van der Waals surface area contributed by atoms with Crippen LogP contribution in [0, 0.1) is 0 Å². The number of primary sulfonamides is 1. The van der Waals surface area contributed by atoms with Crippen molar-refractivity contribution in [1.29, 1.82) is 0 Å². The van der Waals surface area contributed by atoms with Gasteiger partial charge in [-0.3, -0.25) is 4.79 Å². The highest BCUT2D eigenvalue weighted by molar-refractivity contribution is 7.89. The summed E-state index contributed by atoms with van der Waals surface area (Å²) in [4.78, 5) is 35.1. The van der Waals surface area contributed by atoms with Crippen LogP contribution in [0.1, 0.15) is 28.4 Å². The molecule has 1 unspecified atom stereocenters. The molecule has 1 atom stereocenters. The van der Waals surface area contributed by atoms with Crippen molar-refractivity contribution in [2.24, 2.45) is 10.9 Å². The predicted octanol–water partition coefficient (Wildman–Crippen LogP) is 0.407. The molecular formula is C20H24N4O6S. The third-order valence-corrected chi connectivity index (χ3v) is 5.20. The van der Waals surface area contributed by atoms with Gasteiger partial charge in [-0.1, -0.05) is 24.3 Å². The highest BCUT2D eigenvalue weighted by Crippen LogP contribution is 2.10. The lowest BCUT2D eigenvalue weighted by molar-refractivity contribution is -0.129. The Kier molecular flexibility index (Phi) is 8.11. The fraction of sp³-hybridized carbons (Fsp3) is 0.250. The molecule has 0 heterocycles. The first-order valence-corrected chi connectivity index (χ1v) is 10.8. The van der Waals surface area contributed by atoms with Crippen LogP contribution in [0.4, 0.5) is 4.79 Å². The lowest BCUT2D eigenvalue weighted by Crippen LogP contribution is -2.36. The number of urea groups is 1. The fourth-order valence-corrected chi connectivity index (χ4v) is 3.06. The smallest absolute Gasteiger partial charge is 0.338 e. The second-order valence-corrected chi connectivity index (χ2v) is 8.25. The van der Waals surface area contributed by atoms with Crippen LogP contribution in [0.25, 0.3) is 0 Å². The van der Waals surface area contributed by atoms with Gasteiger partial charge in [0.1, 0.15) is 0 Å². The van der Waals surface area contributed by atoms with E-state index in [1.54, 1.807) is 24.3 Å². The van der Waals surface area contributed by atoms with Gasteiger partial charge in [0.05, 0.1) is 10.5 Å². The van der Waals surface area contributed by atoms with Crippen LogP contribution in [0.15, 0.2) is 53.4 Å². The lowest BCUT2D eigenvalue weighted by Gasteiger charge is -2.14. The molecule has 6 N–H and O–H groups in total. The number of nitrogens with two attached hydrogens (primary N) is 2. The van der Waals surface area contributed by atoms with E-state index in [9.17, 15) is 22.8 Å². The number of carbonyl (C=O) groups is 3. The zero-order valence-electron chi connectivity index (χ0n) is 16.8. The molecule has 0 saturated heterocycles. The number of rotatable bonds is 9. The molecule has 0 fully saturated rings. The molecule has 0 aromatic heterocycles. The largest absolute Gasteiger partial charge is 0.449 e. The van der Waals surface area contributed by atoms with Gasteiger partial charge in [0.2, 0.25) is 10.0 Å². The summed E-state index contributed by atoms with van der Waals surface area (Å²) >= 11 is 0. The van der Waals surface area contributed by atoms with Crippen LogP contribution < -0.4 is 21.5 Å². The van der Waals surface area contributed by atoms with E-state index in [1.165, 1.54) is 31.2 Å². The molecule has 11 heteroatoms. The lowest BCUT2D eigenvalue weighted by atomic mass is 10.1. The molecule has 10 nitrogen and oxygen atoms in total. The van der Waals surface area contributed by atoms with Gasteiger partial charge in [0, 0.05) is 13.1 Å². The molecule has 0 aliphatic carbocycles. The second kappa shape index (κ2) is 10.5. The van der Waals surface area contributed by atoms with Crippen LogP contribution in [0.5, 0.6) is 0 Å². The van der Waals surface area contributed by atoms with Gasteiger partial charge in [0.25, 0.3) is 5.91 Å². The Hall–Kier alpha value is -3.44. The number of primary amides is 1. The number of benzene rings is 2. The number of nitrogens with one attached hydrogen (secondary N) is 2. The van der Waals surface area contributed by atoms with Crippen LogP contribution in [0.2, 0.25) is 0 Å². The topological polar surface area (TPSA) is 171 Å². The zero-order valence-corrected chi connectivity index (χ0v) is 17.6. The summed E-state index contributed by atoms with van der Waals surface area (Å²) in [5.41, 5.74) is 6.82. The van der Waals surface area contributed by atoms with E-state index in [0.29, 0.717) is 6.42 Å². The molecule has 0 spiro atoms. The summed E-state index contributed by atoms with van der Waals surface area (Å²) in [5.74, 6) is -1.12. The van der Waals surface area contributed by atoms with Gasteiger partial charge in [-0.05, 0) is 48.7 Å². The van der Waals surface area contributed by atoms with Gasteiger partial charge < -0.3 is 21.1 Å². The Morgan fingerprint density at radius 1 is 0.968 bits per heavy atom. The Morgan fingerprint density at radius 2 is 1.55 bits per heavy atom. The van der Waals surface area contributed by atoms with Gasteiger partial charge in [-0.15, -0.1) is 0 Å². The standard InChI is InChI=1S/C20H24N4O6S/c1-13(30-19(26)16-6-2-15(3-7-16)12-24-20(21)27)18(25)23-11-10-14-4-8-17(9-5-14)31(22,28)29/h2-9,13H,10-12H2,1H3,(H,23,25)(H3,21,24,27)(H2,22,28,29). The summed E-state index contributed by atoms with van der Waals surface area (Å²) in [6.45, 7) is 1.96. The molecule has 0 saturated carbocycles. The molecule has 0 aliphatic rings. The summed E-state index contributed by atoms with van der Waals surface area (Å²) in [6, 6.07) is 11.7. The average Bonchev–Trinajstić information content (AvgIpc) is 2.72. The Morgan fingerprint density at radius 3 is 2.10 bits per heavy atom. The molecular weight excluding hydrogens is 424 g/mol. The normalized spacial score (nSPS) is 11.9. The minimum atomic E-state index is -3.75. The van der Waals surface area contributed by atoms with Crippen molar-refractivity contribution < 1.29 is 27.5 Å². The van der Waals surface area contributed by atoms with Crippen LogP contribution in [-0.4, -0.2) is 39.0 Å². The molecule has 2 aromatic carbocycles. The summed E-state index contributed by atoms with van der Waals surface area (Å²) in [7, 11) is -3.75. The first-order valence-electron chi connectivity index (χ1n) is 9.29. The molecule has 2 aromatic rings. The number of hydrogen-bond donors (Lipinski definition) is 4. The van der Waals surface area contributed by atoms with Crippen molar-refractivity contribution in [3.63, 3.8) is 0 Å². The van der Waals surface area contributed by atoms with E-state index in [0.717, 1.165) is 11.1 Å². The van der Waals surface area contributed by atoms with E-state index in [2.05, 4.69) is 10.6 Å². The van der Waals surface area contributed by atoms with Gasteiger partial charge in [0.15, 0.2) is 6.10 Å². The maximum Gasteiger partial charge on any atom is 0.338 e. The van der Waals surface area contributed by atoms with Crippen molar-refractivity contribution in [2.45, 2.75) is 30.9 Å². The zero-order chi connectivity index (χ0) is 23.0. The fourth-order valence-electron chi connectivity index (χ4n) is 2.55. The summed E-state index contributed by atoms with van der Waals surface area (Å²) in [5, 5.41) is 10.1. The third-order valence-electron chi connectivity index (χ3n) is 4.27. The number of hydrogen-bond acceptors (Lipinski definition) is 6. The van der Waals surface area contributed by atoms with Crippen LogP contribution in [-0.2, 0) is 32.5 Å². The minimum Gasteiger partial charge on any atom is -0.449 e. The van der Waals surface area contributed by atoms with Gasteiger partial charge in [-0.25, -0.2) is 23.1 Å². The van der Waals surface area contributed by atoms with Crippen LogP contribution in [0.3, 0.4) is 0 Å². The van der Waals surface area contributed by atoms with Gasteiger partial charge >= 0.3 is 12.0 Å². The Bertz CT molecular complexity index is 1040. The Balaban J connectivity index is 1.79. The maximum absolute atomic E-state index is 12.2. The predicted molar refractivity (Wildman–Crippen MR) is 112 cm³/mol. The SMILES string of the molecule is CC(OC(=O)c1ccc(CNC(N)=O)cc1)C(=O)NCCc1ccc(S(N)(=O)=O)cc1. The highest BCUT2D eigenvalue weighted by atomic mass is 32.2. The molecule has 3 amide bonds. The maximum atomic E-state index is 12.2. The average molecular weight is 449 g/mol. The molecule has 0 bridgehead atoms. The summed E-state index contributed by atoms with van der Waals surface area (Å²) < 4.78 is 27.7. The number of amides is 3. The van der Waals surface area contributed by atoms with E-state index >= 15 is 0 Å². The van der Waals surface area contributed by atoms with Crippen molar-refractivity contribution in [2.75, 3.05) is 6.54 Å². The number of esters is 1. The third kappa shape index (κ3) is 7.72. The van der Waals surface area contributed by atoms with E-state index < -0.39 is 34.0 Å². The first-order chi connectivity index (χ1) is 14.6. The van der Waals surface area contributed by atoms with E-state index in [4.69, 9.17) is 15.6 Å². The number of sulfonamides is 1. The van der Waals surface area contributed by atoms with Crippen molar-refractivity contribution in [3.8, 4) is 0 Å². The monoisotopic (exact) mass is 448 g/mol. The van der Waals surface area contributed by atoms with Crippen molar-refractivity contribution in [1.82, 2.24) is 10.6 Å². The second-order valence-electron chi connectivity index (χ2n) is 6.69. The number of ether oxygens (including phenoxy) is 1. The quantitative estimate of drug-likeness (QED) is 0.405. The Labute approximate surface area is 180 Å². The number of carbonyl (C=O) groups excluding carboxylic acids is 3. The van der Waals surface area contributed by atoms with Gasteiger partial charge in [-0.2, -0.15) is 0 Å². The minimum absolute atomic E-state index is 0.0120. The molecule has 31 heavy (non-hydrogen) atoms. The summed E-state index contributed by atoms with van der Waals surface area (Å²) in [6.07, 6.45) is -0.550. The van der Waals surface area contributed by atoms with E-state index in [-0.39, 0.29) is 23.5 Å². The molecule has 2 rings (SSSR count). The van der Waals surface area contributed by atoms with Crippen molar-refractivity contribution >= 4 is 27.9 Å². The van der Waals surface area contributed by atoms with Crippen LogP contribution >= 0.6 is 0 Å². The van der Waals surface area contributed by atoms with E-state index in [1.807, 2.05) is 0 Å². The highest BCUT2D eigenvalue weighted by Gasteiger charge is 2.18. The molecule has 0 aliphatic heterocycles. The van der Waals surface area contributed by atoms with Crippen molar-refractivity contribution in [3.05, 3.63) is 65.2 Å². The first kappa shape index (κ1) is 23.8.